The molecule has 1 aromatic carbocycles. The van der Waals surface area contributed by atoms with E-state index in [2.05, 4.69) is 20.9 Å². The summed E-state index contributed by atoms with van der Waals surface area (Å²) in [7, 11) is 1.65. The summed E-state index contributed by atoms with van der Waals surface area (Å²) in [6.07, 6.45) is -0.441. The van der Waals surface area contributed by atoms with Crippen molar-refractivity contribution in [3.63, 3.8) is 0 Å². The van der Waals surface area contributed by atoms with Gasteiger partial charge in [-0.2, -0.15) is 0 Å². The van der Waals surface area contributed by atoms with Crippen LogP contribution in [0.15, 0.2) is 29.3 Å². The summed E-state index contributed by atoms with van der Waals surface area (Å²) in [6.45, 7) is 14.2. The van der Waals surface area contributed by atoms with Crippen LogP contribution in [-0.4, -0.2) is 56.6 Å². The lowest BCUT2D eigenvalue weighted by atomic mass is 10.1. The van der Waals surface area contributed by atoms with Crippen LogP contribution in [-0.2, 0) is 16.0 Å². The zero-order chi connectivity index (χ0) is 22.6. The summed E-state index contributed by atoms with van der Waals surface area (Å²) >= 11 is 0. The summed E-state index contributed by atoms with van der Waals surface area (Å²) in [5, 5.41) is 9.38. The normalized spacial score (nSPS) is 11.9. The van der Waals surface area contributed by atoms with E-state index in [4.69, 9.17) is 14.2 Å². The van der Waals surface area contributed by atoms with Crippen LogP contribution in [0.2, 0.25) is 0 Å². The SMILES string of the molecule is CCNC(=NCc1ccc(OCCOC)cc1)NCC(C)(C)NC(=O)OC(C)(C)C.I. The monoisotopic (exact) mass is 550 g/mol. The van der Waals surface area contributed by atoms with Gasteiger partial charge in [0.15, 0.2) is 5.96 Å². The van der Waals surface area contributed by atoms with Crippen molar-refractivity contribution in [2.75, 3.05) is 33.4 Å². The lowest BCUT2D eigenvalue weighted by Crippen LogP contribution is -2.54. The molecule has 3 N–H and O–H groups in total. The van der Waals surface area contributed by atoms with Gasteiger partial charge in [0.05, 0.1) is 18.7 Å². The third-order valence-corrected chi connectivity index (χ3v) is 3.78. The van der Waals surface area contributed by atoms with Gasteiger partial charge in [-0.1, -0.05) is 12.1 Å². The maximum atomic E-state index is 12.0. The van der Waals surface area contributed by atoms with E-state index in [9.17, 15) is 4.79 Å². The molecule has 0 fully saturated rings. The molecule has 0 spiro atoms. The molecular weight excluding hydrogens is 511 g/mol. The number of aliphatic imine (C=N–C) groups is 1. The van der Waals surface area contributed by atoms with Crippen molar-refractivity contribution in [3.05, 3.63) is 29.8 Å². The number of methoxy groups -OCH3 is 1. The molecule has 0 aliphatic carbocycles. The molecule has 9 heteroatoms. The number of nitrogens with zero attached hydrogens (tertiary/aromatic N) is 1. The smallest absolute Gasteiger partial charge is 0.408 e. The van der Waals surface area contributed by atoms with E-state index in [1.54, 1.807) is 7.11 Å². The van der Waals surface area contributed by atoms with Gasteiger partial charge in [-0.3, -0.25) is 0 Å². The Balaban J connectivity index is 0.00000900. The highest BCUT2D eigenvalue weighted by molar-refractivity contribution is 14.0. The molecule has 0 saturated carbocycles. The Bertz CT molecular complexity index is 673. The highest BCUT2D eigenvalue weighted by Crippen LogP contribution is 2.13. The van der Waals surface area contributed by atoms with Crippen molar-refractivity contribution in [1.82, 2.24) is 16.0 Å². The number of carbonyl (C=O) groups is 1. The summed E-state index contributed by atoms with van der Waals surface area (Å²) in [4.78, 5) is 16.7. The summed E-state index contributed by atoms with van der Waals surface area (Å²) in [5.41, 5.74) is 0.0195. The highest BCUT2D eigenvalue weighted by Gasteiger charge is 2.24. The first-order valence-electron chi connectivity index (χ1n) is 10.3. The molecular formula is C22H39IN4O4. The Labute approximate surface area is 203 Å². The summed E-state index contributed by atoms with van der Waals surface area (Å²) in [6, 6.07) is 7.83. The molecule has 0 aliphatic rings. The van der Waals surface area contributed by atoms with Gasteiger partial charge in [0.2, 0.25) is 0 Å². The van der Waals surface area contributed by atoms with Crippen LogP contribution >= 0.6 is 24.0 Å². The number of rotatable bonds is 10. The van der Waals surface area contributed by atoms with Crippen molar-refractivity contribution in [2.45, 2.75) is 59.2 Å². The minimum absolute atomic E-state index is 0. The van der Waals surface area contributed by atoms with E-state index in [1.165, 1.54) is 0 Å². The third-order valence-electron chi connectivity index (χ3n) is 3.78. The average Bonchev–Trinajstić information content (AvgIpc) is 2.63. The Kier molecular flexibility index (Phi) is 13.5. The minimum atomic E-state index is -0.533. The van der Waals surface area contributed by atoms with Crippen molar-refractivity contribution in [1.29, 1.82) is 0 Å². The lowest BCUT2D eigenvalue weighted by molar-refractivity contribution is 0.0474. The zero-order valence-electron chi connectivity index (χ0n) is 19.8. The first-order chi connectivity index (χ1) is 14.0. The van der Waals surface area contributed by atoms with E-state index >= 15 is 0 Å². The summed E-state index contributed by atoms with van der Waals surface area (Å²) in [5.74, 6) is 1.48. The predicted molar refractivity (Wildman–Crippen MR) is 135 cm³/mol. The largest absolute Gasteiger partial charge is 0.491 e. The van der Waals surface area contributed by atoms with Crippen molar-refractivity contribution < 1.29 is 19.0 Å². The fraction of sp³-hybridized carbons (Fsp3) is 0.636. The quantitative estimate of drug-likeness (QED) is 0.178. The average molecular weight is 550 g/mol. The molecule has 0 radical (unpaired) electrons. The first kappa shape index (κ1) is 29.2. The van der Waals surface area contributed by atoms with Crippen LogP contribution in [0.3, 0.4) is 0 Å². The van der Waals surface area contributed by atoms with Crippen LogP contribution < -0.4 is 20.7 Å². The van der Waals surface area contributed by atoms with Crippen molar-refractivity contribution in [2.24, 2.45) is 4.99 Å². The molecule has 0 aromatic heterocycles. The second-order valence-corrected chi connectivity index (χ2v) is 8.54. The van der Waals surface area contributed by atoms with Gasteiger partial charge in [-0.25, -0.2) is 9.79 Å². The number of hydrogen-bond acceptors (Lipinski definition) is 5. The van der Waals surface area contributed by atoms with Gasteiger partial charge in [-0.05, 0) is 59.2 Å². The first-order valence-corrected chi connectivity index (χ1v) is 10.3. The lowest BCUT2D eigenvalue weighted by Gasteiger charge is -2.29. The van der Waals surface area contributed by atoms with Crippen LogP contribution in [0, 0.1) is 0 Å². The molecule has 0 unspecified atom stereocenters. The van der Waals surface area contributed by atoms with Gasteiger partial charge in [0.1, 0.15) is 18.0 Å². The van der Waals surface area contributed by atoms with Gasteiger partial charge in [-0.15, -0.1) is 24.0 Å². The summed E-state index contributed by atoms with van der Waals surface area (Å²) < 4.78 is 15.9. The number of amides is 1. The van der Waals surface area contributed by atoms with Gasteiger partial charge in [0.25, 0.3) is 0 Å². The fourth-order valence-corrected chi connectivity index (χ4v) is 2.37. The predicted octanol–water partition coefficient (Wildman–Crippen LogP) is 3.69. The molecule has 0 aliphatic heterocycles. The molecule has 0 bridgehead atoms. The zero-order valence-corrected chi connectivity index (χ0v) is 22.2. The maximum Gasteiger partial charge on any atom is 0.408 e. The van der Waals surface area contributed by atoms with Crippen molar-refractivity contribution in [3.8, 4) is 5.75 Å². The Morgan fingerprint density at radius 3 is 2.23 bits per heavy atom. The van der Waals surface area contributed by atoms with Gasteiger partial charge < -0.3 is 30.2 Å². The van der Waals surface area contributed by atoms with Gasteiger partial charge >= 0.3 is 6.09 Å². The van der Waals surface area contributed by atoms with E-state index in [1.807, 2.05) is 65.8 Å². The molecule has 1 amide bonds. The second kappa shape index (κ2) is 14.3. The topological polar surface area (TPSA) is 93.2 Å². The molecule has 0 heterocycles. The number of hydrogen-bond donors (Lipinski definition) is 3. The molecule has 1 rings (SSSR count). The van der Waals surface area contributed by atoms with Crippen LogP contribution in [0.5, 0.6) is 5.75 Å². The number of ether oxygens (including phenoxy) is 3. The second-order valence-electron chi connectivity index (χ2n) is 8.54. The van der Waals surface area contributed by atoms with E-state index in [0.717, 1.165) is 17.9 Å². The number of guanidine groups is 1. The molecule has 178 valence electrons. The van der Waals surface area contributed by atoms with Crippen LogP contribution in [0.25, 0.3) is 0 Å². The molecule has 0 atom stereocenters. The minimum Gasteiger partial charge on any atom is -0.491 e. The number of alkyl carbamates (subject to hydrolysis) is 1. The van der Waals surface area contributed by atoms with E-state index in [0.29, 0.717) is 32.3 Å². The number of benzene rings is 1. The van der Waals surface area contributed by atoms with E-state index < -0.39 is 17.2 Å². The molecule has 0 saturated heterocycles. The highest BCUT2D eigenvalue weighted by atomic mass is 127. The fourth-order valence-electron chi connectivity index (χ4n) is 2.37. The molecule has 8 nitrogen and oxygen atoms in total. The van der Waals surface area contributed by atoms with E-state index in [-0.39, 0.29) is 24.0 Å². The van der Waals surface area contributed by atoms with Crippen LogP contribution in [0.1, 0.15) is 47.1 Å². The molecule has 31 heavy (non-hydrogen) atoms. The Hall–Kier alpha value is -1.75. The third kappa shape index (κ3) is 14.0. The van der Waals surface area contributed by atoms with Gasteiger partial charge in [0, 0.05) is 20.2 Å². The maximum absolute atomic E-state index is 12.0. The molecule has 1 aromatic rings. The standard InChI is InChI=1S/C22H38N4O4.HI/c1-8-23-19(25-16-22(5,6)26-20(27)30-21(2,3)4)24-15-17-9-11-18(12-10-17)29-14-13-28-7;/h9-12H,8,13-16H2,1-7H3,(H,26,27)(H2,23,24,25);1H. The Morgan fingerprint density at radius 2 is 1.68 bits per heavy atom. The number of nitrogens with one attached hydrogen (secondary N) is 3. The van der Waals surface area contributed by atoms with Crippen molar-refractivity contribution >= 4 is 36.0 Å². The number of halogens is 1. The van der Waals surface area contributed by atoms with Crippen LogP contribution in [0.4, 0.5) is 4.79 Å². The number of carbonyl (C=O) groups excluding carboxylic acids is 1. The Morgan fingerprint density at radius 1 is 1.03 bits per heavy atom.